The molecule has 0 spiro atoms. The van der Waals surface area contributed by atoms with E-state index in [0.717, 1.165) is 35.8 Å². The van der Waals surface area contributed by atoms with Crippen molar-refractivity contribution in [2.45, 2.75) is 24.9 Å². The van der Waals surface area contributed by atoms with E-state index in [1.54, 1.807) is 0 Å². The summed E-state index contributed by atoms with van der Waals surface area (Å²) in [6, 6.07) is 10.4. The van der Waals surface area contributed by atoms with Gasteiger partial charge in [0.15, 0.2) is 0 Å². The summed E-state index contributed by atoms with van der Waals surface area (Å²) in [6.07, 6.45) is 5.14. The van der Waals surface area contributed by atoms with Gasteiger partial charge in [-0.3, -0.25) is 0 Å². The Labute approximate surface area is 108 Å². The molecule has 3 aliphatic carbocycles. The topological polar surface area (TPSA) is 17.1 Å². The molecule has 1 heterocycles. The highest BCUT2D eigenvalue weighted by atomic mass is 31.2. The van der Waals surface area contributed by atoms with Crippen LogP contribution in [0.15, 0.2) is 30.3 Å². The van der Waals surface area contributed by atoms with Gasteiger partial charge in [0.05, 0.1) is 0 Å². The number of rotatable bonds is 1. The second-order valence-electron chi connectivity index (χ2n) is 6.92. The van der Waals surface area contributed by atoms with Crippen LogP contribution in [-0.4, -0.2) is 11.8 Å². The summed E-state index contributed by atoms with van der Waals surface area (Å²) in [6.45, 7) is 0. The first-order valence-electron chi connectivity index (χ1n) is 7.43. The molecular weight excluding hydrogens is 239 g/mol. The lowest BCUT2D eigenvalue weighted by atomic mass is 9.87. The van der Waals surface area contributed by atoms with Gasteiger partial charge in [-0.1, -0.05) is 30.3 Å². The van der Waals surface area contributed by atoms with Gasteiger partial charge >= 0.3 is 0 Å². The zero-order valence-corrected chi connectivity index (χ0v) is 11.4. The summed E-state index contributed by atoms with van der Waals surface area (Å²) in [5.41, 5.74) is 0.577. The minimum absolute atomic E-state index is 0.577. The van der Waals surface area contributed by atoms with E-state index in [1.165, 1.54) is 24.6 Å². The molecule has 1 nitrogen and oxygen atoms in total. The van der Waals surface area contributed by atoms with Crippen LogP contribution in [-0.2, 0) is 4.57 Å². The second-order valence-corrected chi connectivity index (χ2v) is 10.1. The molecule has 94 valence electrons. The molecule has 18 heavy (non-hydrogen) atoms. The fraction of sp³-hybridized carbons (Fsp3) is 0.625. The molecule has 4 aliphatic rings. The molecule has 3 saturated carbocycles. The van der Waals surface area contributed by atoms with Crippen LogP contribution in [0.5, 0.6) is 0 Å². The average molecular weight is 258 g/mol. The number of fused-ring (bicyclic) bond motifs is 8. The largest absolute Gasteiger partial charge is 0.318 e. The first-order chi connectivity index (χ1) is 8.79. The van der Waals surface area contributed by atoms with Crippen LogP contribution in [0, 0.1) is 29.6 Å². The molecule has 2 heteroatoms. The van der Waals surface area contributed by atoms with Crippen LogP contribution >= 0.6 is 7.14 Å². The third kappa shape index (κ3) is 1.05. The Bertz CT molecular complexity index is 549. The smallest absolute Gasteiger partial charge is 0.119 e. The van der Waals surface area contributed by atoms with Crippen molar-refractivity contribution in [3.63, 3.8) is 0 Å². The summed E-state index contributed by atoms with van der Waals surface area (Å²) in [5.74, 6) is 4.65. The number of benzene rings is 1. The standard InChI is InChI=1S/C16H19OP/c17-18(10-4-2-1-3-5-10)7-6-11-12-9-15(16(11)18)14-8-13(12)14/h1-5,11-16H,6-9H2/t11?,12-,13-,14-,15-,16?,18?/m1/s1. The van der Waals surface area contributed by atoms with E-state index in [0.29, 0.717) is 5.66 Å². The first-order valence-corrected chi connectivity index (χ1v) is 9.39. The Hall–Kier alpha value is -0.550. The van der Waals surface area contributed by atoms with Crippen LogP contribution in [0.3, 0.4) is 0 Å². The Balaban J connectivity index is 1.62. The Morgan fingerprint density at radius 3 is 2.39 bits per heavy atom. The van der Waals surface area contributed by atoms with Crippen molar-refractivity contribution in [2.75, 3.05) is 6.16 Å². The molecule has 7 atom stereocenters. The average Bonchev–Trinajstić information content (AvgIpc) is 2.85. The van der Waals surface area contributed by atoms with Crippen LogP contribution < -0.4 is 5.30 Å². The fourth-order valence-electron chi connectivity index (χ4n) is 5.81. The van der Waals surface area contributed by atoms with Gasteiger partial charge in [0.2, 0.25) is 0 Å². The molecule has 0 N–H and O–H groups in total. The summed E-state index contributed by atoms with van der Waals surface area (Å²) < 4.78 is 13.6. The summed E-state index contributed by atoms with van der Waals surface area (Å²) in [4.78, 5) is 0. The van der Waals surface area contributed by atoms with Crippen LogP contribution in [0.25, 0.3) is 0 Å². The zero-order chi connectivity index (χ0) is 11.9. The molecule has 4 fully saturated rings. The maximum atomic E-state index is 13.6. The van der Waals surface area contributed by atoms with E-state index in [1.807, 2.05) is 6.07 Å². The molecular formula is C16H19OP. The normalized spacial score (nSPS) is 55.3. The highest BCUT2D eigenvalue weighted by Gasteiger charge is 2.70. The predicted molar refractivity (Wildman–Crippen MR) is 73.6 cm³/mol. The molecule has 1 aromatic carbocycles. The minimum atomic E-state index is -2.08. The van der Waals surface area contributed by atoms with Crippen LogP contribution in [0.1, 0.15) is 19.3 Å². The highest BCUT2D eigenvalue weighted by molar-refractivity contribution is 7.72. The van der Waals surface area contributed by atoms with E-state index >= 15 is 0 Å². The molecule has 0 aromatic heterocycles. The van der Waals surface area contributed by atoms with Gasteiger partial charge in [0.1, 0.15) is 7.14 Å². The van der Waals surface area contributed by atoms with Crippen molar-refractivity contribution in [1.82, 2.24) is 0 Å². The summed E-state index contributed by atoms with van der Waals surface area (Å²) in [5, 5.41) is 1.18. The van der Waals surface area contributed by atoms with E-state index in [2.05, 4.69) is 24.3 Å². The molecule has 2 bridgehead atoms. The Morgan fingerprint density at radius 2 is 1.56 bits per heavy atom. The Kier molecular flexibility index (Phi) is 1.78. The number of hydrogen-bond acceptors (Lipinski definition) is 1. The lowest BCUT2D eigenvalue weighted by Crippen LogP contribution is -2.27. The monoisotopic (exact) mass is 258 g/mol. The third-order valence-corrected chi connectivity index (χ3v) is 10.3. The van der Waals surface area contributed by atoms with Crippen molar-refractivity contribution >= 4 is 12.4 Å². The van der Waals surface area contributed by atoms with Crippen LogP contribution in [0.4, 0.5) is 0 Å². The number of hydrogen-bond donors (Lipinski definition) is 0. The van der Waals surface area contributed by atoms with Gasteiger partial charge in [-0.05, 0) is 48.9 Å². The van der Waals surface area contributed by atoms with Gasteiger partial charge in [0.25, 0.3) is 0 Å². The predicted octanol–water partition coefficient (Wildman–Crippen LogP) is 3.35. The first kappa shape index (κ1) is 10.3. The van der Waals surface area contributed by atoms with Gasteiger partial charge in [-0.15, -0.1) is 0 Å². The minimum Gasteiger partial charge on any atom is -0.318 e. The molecule has 3 unspecified atom stereocenters. The lowest BCUT2D eigenvalue weighted by molar-refractivity contribution is 0.328. The van der Waals surface area contributed by atoms with E-state index in [9.17, 15) is 4.57 Å². The summed E-state index contributed by atoms with van der Waals surface area (Å²) >= 11 is 0. The second kappa shape index (κ2) is 3.12. The van der Waals surface area contributed by atoms with Gasteiger partial charge in [0, 0.05) is 17.1 Å². The fourth-order valence-corrected chi connectivity index (χ4v) is 10.0. The van der Waals surface area contributed by atoms with E-state index in [-0.39, 0.29) is 0 Å². The van der Waals surface area contributed by atoms with Crippen LogP contribution in [0.2, 0.25) is 0 Å². The molecule has 1 aliphatic heterocycles. The quantitative estimate of drug-likeness (QED) is 0.706. The maximum Gasteiger partial charge on any atom is 0.119 e. The molecule has 0 radical (unpaired) electrons. The maximum absolute atomic E-state index is 13.6. The van der Waals surface area contributed by atoms with Crippen molar-refractivity contribution in [1.29, 1.82) is 0 Å². The molecule has 5 rings (SSSR count). The van der Waals surface area contributed by atoms with Gasteiger partial charge in [-0.25, -0.2) is 0 Å². The highest BCUT2D eigenvalue weighted by Crippen LogP contribution is 2.78. The van der Waals surface area contributed by atoms with E-state index in [4.69, 9.17) is 0 Å². The van der Waals surface area contributed by atoms with E-state index < -0.39 is 7.14 Å². The molecule has 1 aromatic rings. The zero-order valence-electron chi connectivity index (χ0n) is 10.5. The van der Waals surface area contributed by atoms with Crippen molar-refractivity contribution < 1.29 is 4.57 Å². The Morgan fingerprint density at radius 1 is 0.889 bits per heavy atom. The lowest BCUT2D eigenvalue weighted by Gasteiger charge is -2.29. The third-order valence-electron chi connectivity index (χ3n) is 6.43. The SMILES string of the molecule is O=P1(c2ccccc2)CCC2C1[C@@H]1C[C@H]2[C@H]2C[C@H]21. The summed E-state index contributed by atoms with van der Waals surface area (Å²) in [7, 11) is -2.08. The van der Waals surface area contributed by atoms with Crippen molar-refractivity contribution in [3.8, 4) is 0 Å². The van der Waals surface area contributed by atoms with Gasteiger partial charge < -0.3 is 4.57 Å². The molecule has 0 amide bonds. The molecule has 1 saturated heterocycles. The van der Waals surface area contributed by atoms with Gasteiger partial charge in [-0.2, -0.15) is 0 Å². The van der Waals surface area contributed by atoms with Crippen molar-refractivity contribution in [2.24, 2.45) is 29.6 Å². The van der Waals surface area contributed by atoms with Crippen molar-refractivity contribution in [3.05, 3.63) is 30.3 Å².